The van der Waals surface area contributed by atoms with Gasteiger partial charge in [0.25, 0.3) is 0 Å². The predicted octanol–water partition coefficient (Wildman–Crippen LogP) is 4.32. The summed E-state index contributed by atoms with van der Waals surface area (Å²) in [5.41, 5.74) is 1.82. The average Bonchev–Trinajstić information content (AvgIpc) is 2.83. The molecule has 2 aromatic rings. The van der Waals surface area contributed by atoms with Crippen molar-refractivity contribution in [1.29, 1.82) is 0 Å². The second-order valence-corrected chi connectivity index (χ2v) is 5.01. The Hall–Kier alpha value is -1.55. The van der Waals surface area contributed by atoms with E-state index in [1.54, 1.807) is 12.1 Å². The number of carbonyl (C=O) groups excluding carboxylic acids is 1. The lowest BCUT2D eigenvalue weighted by Crippen LogP contribution is -1.99. The number of hydrogen-bond donors (Lipinski definition) is 0. The smallest absolute Gasteiger partial charge is 0.198 e. The lowest BCUT2D eigenvalue weighted by atomic mass is 10.0. The molecule has 0 N–H and O–H groups in total. The molecule has 19 heavy (non-hydrogen) atoms. The van der Waals surface area contributed by atoms with Crippen LogP contribution >= 0.6 is 11.8 Å². The Balaban J connectivity index is 2.30. The summed E-state index contributed by atoms with van der Waals surface area (Å²) in [6, 6.07) is 8.18. The Labute approximate surface area is 116 Å². The molecule has 1 heterocycles. The first-order valence-electron chi connectivity index (χ1n) is 6.08. The zero-order valence-corrected chi connectivity index (χ0v) is 11.7. The third-order valence-electron chi connectivity index (χ3n) is 2.87. The molecule has 0 aliphatic heterocycles. The van der Waals surface area contributed by atoms with Crippen molar-refractivity contribution in [3.8, 4) is 0 Å². The van der Waals surface area contributed by atoms with Crippen molar-refractivity contribution in [2.24, 2.45) is 0 Å². The number of halogens is 1. The maximum Gasteiger partial charge on any atom is 0.198 e. The largest absolute Gasteiger partial charge is 0.446 e. The fourth-order valence-electron chi connectivity index (χ4n) is 1.85. The number of benzene rings is 1. The van der Waals surface area contributed by atoms with Crippen LogP contribution in [0.25, 0.3) is 0 Å². The van der Waals surface area contributed by atoms with Crippen LogP contribution in [-0.4, -0.2) is 12.0 Å². The lowest BCUT2D eigenvalue weighted by molar-refractivity contribution is 0.0955. The van der Waals surface area contributed by atoms with Gasteiger partial charge in [0.15, 0.2) is 16.6 Å². The lowest BCUT2D eigenvalue weighted by Gasteiger charge is -2.01. The van der Waals surface area contributed by atoms with E-state index in [0.29, 0.717) is 18.6 Å². The van der Waals surface area contributed by atoms with Crippen molar-refractivity contribution in [3.05, 3.63) is 53.0 Å². The van der Waals surface area contributed by atoms with Crippen molar-refractivity contribution in [2.75, 3.05) is 6.26 Å². The topological polar surface area (TPSA) is 30.2 Å². The van der Waals surface area contributed by atoms with E-state index in [1.165, 1.54) is 23.9 Å². The van der Waals surface area contributed by atoms with Gasteiger partial charge in [-0.2, -0.15) is 0 Å². The van der Waals surface area contributed by atoms with Crippen molar-refractivity contribution < 1.29 is 13.6 Å². The highest BCUT2D eigenvalue weighted by Crippen LogP contribution is 2.26. The summed E-state index contributed by atoms with van der Waals surface area (Å²) < 4.78 is 18.4. The highest BCUT2D eigenvalue weighted by molar-refractivity contribution is 7.98. The van der Waals surface area contributed by atoms with Crippen LogP contribution < -0.4 is 0 Å². The third kappa shape index (κ3) is 3.26. The van der Waals surface area contributed by atoms with Crippen molar-refractivity contribution in [3.63, 3.8) is 0 Å². The quantitative estimate of drug-likeness (QED) is 0.602. The first-order chi connectivity index (χ1) is 9.13. The van der Waals surface area contributed by atoms with Crippen LogP contribution in [0, 0.1) is 5.82 Å². The van der Waals surface area contributed by atoms with Crippen LogP contribution in [0.1, 0.15) is 35.0 Å². The Kier molecular flexibility index (Phi) is 4.43. The number of thioether (sulfide) groups is 1. The molecular weight excluding hydrogens is 263 g/mol. The van der Waals surface area contributed by atoms with E-state index in [4.69, 9.17) is 4.42 Å². The van der Waals surface area contributed by atoms with Crippen LogP contribution in [0.2, 0.25) is 0 Å². The molecule has 2 rings (SSSR count). The molecule has 0 atom stereocenters. The van der Waals surface area contributed by atoms with E-state index < -0.39 is 0 Å². The van der Waals surface area contributed by atoms with Crippen LogP contribution in [-0.2, 0) is 6.42 Å². The number of furan rings is 1. The van der Waals surface area contributed by atoms with Crippen molar-refractivity contribution in [2.45, 2.75) is 24.9 Å². The Morgan fingerprint density at radius 1 is 1.32 bits per heavy atom. The highest BCUT2D eigenvalue weighted by Gasteiger charge is 2.17. The van der Waals surface area contributed by atoms with E-state index in [2.05, 4.69) is 0 Å². The number of ketones is 1. The summed E-state index contributed by atoms with van der Waals surface area (Å²) in [6.07, 6.45) is 2.89. The zero-order chi connectivity index (χ0) is 13.8. The molecule has 0 amide bonds. The summed E-state index contributed by atoms with van der Waals surface area (Å²) in [7, 11) is 0. The summed E-state index contributed by atoms with van der Waals surface area (Å²) in [5.74, 6) is 0.166. The Morgan fingerprint density at radius 2 is 2.00 bits per heavy atom. The van der Waals surface area contributed by atoms with Crippen molar-refractivity contribution >= 4 is 17.5 Å². The minimum atomic E-state index is -0.259. The summed E-state index contributed by atoms with van der Waals surface area (Å²) in [5, 5.41) is 0.730. The molecule has 0 saturated heterocycles. The minimum absolute atomic E-state index is 0.00240. The first kappa shape index (κ1) is 13.9. The molecule has 0 saturated carbocycles. The van der Waals surface area contributed by atoms with Gasteiger partial charge in [-0.15, -0.1) is 0 Å². The molecule has 2 nitrogen and oxygen atoms in total. The normalized spacial score (nSPS) is 10.7. The molecule has 0 radical (unpaired) electrons. The van der Waals surface area contributed by atoms with Crippen LogP contribution in [0.4, 0.5) is 4.39 Å². The van der Waals surface area contributed by atoms with Crippen LogP contribution in [0.15, 0.2) is 39.8 Å². The monoisotopic (exact) mass is 278 g/mol. The van der Waals surface area contributed by atoms with Gasteiger partial charge >= 0.3 is 0 Å². The Bertz CT molecular complexity index is 572. The van der Waals surface area contributed by atoms with E-state index in [9.17, 15) is 9.18 Å². The van der Waals surface area contributed by atoms with Gasteiger partial charge in [-0.05, 0) is 30.0 Å². The second kappa shape index (κ2) is 6.06. The first-order valence-corrected chi connectivity index (χ1v) is 7.30. The molecule has 0 aliphatic rings. The molecule has 0 spiro atoms. The maximum absolute atomic E-state index is 12.9. The minimum Gasteiger partial charge on any atom is -0.446 e. The van der Waals surface area contributed by atoms with Gasteiger partial charge in [-0.3, -0.25) is 4.79 Å². The summed E-state index contributed by atoms with van der Waals surface area (Å²) in [6.45, 7) is 1.81. The van der Waals surface area contributed by atoms with E-state index in [1.807, 2.05) is 19.2 Å². The second-order valence-electron chi connectivity index (χ2n) is 4.20. The molecule has 1 aromatic heterocycles. The van der Waals surface area contributed by atoms with E-state index in [0.717, 1.165) is 16.2 Å². The van der Waals surface area contributed by atoms with E-state index in [-0.39, 0.29) is 11.6 Å². The van der Waals surface area contributed by atoms with Gasteiger partial charge in [0.2, 0.25) is 0 Å². The van der Waals surface area contributed by atoms with E-state index >= 15 is 0 Å². The van der Waals surface area contributed by atoms with Crippen molar-refractivity contribution in [1.82, 2.24) is 0 Å². The summed E-state index contributed by atoms with van der Waals surface area (Å²) in [4.78, 5) is 11.8. The molecule has 4 heteroatoms. The fourth-order valence-corrected chi connectivity index (χ4v) is 2.28. The van der Waals surface area contributed by atoms with Crippen LogP contribution in [0.5, 0.6) is 0 Å². The fraction of sp³-hybridized carbons (Fsp3) is 0.267. The van der Waals surface area contributed by atoms with Gasteiger partial charge in [-0.1, -0.05) is 30.8 Å². The molecule has 100 valence electrons. The SMILES string of the molecule is CCC(=O)c1oc(SC)cc1Cc1ccc(F)cc1. The van der Waals surface area contributed by atoms with Gasteiger partial charge in [-0.25, -0.2) is 4.39 Å². The third-order valence-corrected chi connectivity index (χ3v) is 3.47. The zero-order valence-electron chi connectivity index (χ0n) is 10.9. The molecule has 0 aliphatic carbocycles. The molecule has 0 unspecified atom stereocenters. The van der Waals surface area contributed by atoms with Gasteiger partial charge in [0.05, 0.1) is 0 Å². The molecule has 0 fully saturated rings. The molecule has 1 aromatic carbocycles. The number of rotatable bonds is 5. The average molecular weight is 278 g/mol. The van der Waals surface area contributed by atoms with Gasteiger partial charge in [0.1, 0.15) is 5.82 Å². The molecule has 0 bridgehead atoms. The molecular formula is C15H15FO2S. The summed E-state index contributed by atoms with van der Waals surface area (Å²) >= 11 is 1.47. The standard InChI is InChI=1S/C15H15FO2S/c1-3-13(17)15-11(9-14(18-15)19-2)8-10-4-6-12(16)7-5-10/h4-7,9H,3,8H2,1-2H3. The highest BCUT2D eigenvalue weighted by atomic mass is 32.2. The predicted molar refractivity (Wildman–Crippen MR) is 74.3 cm³/mol. The number of carbonyl (C=O) groups is 1. The van der Waals surface area contributed by atoms with Crippen LogP contribution in [0.3, 0.4) is 0 Å². The Morgan fingerprint density at radius 3 is 2.58 bits per heavy atom. The number of hydrogen-bond acceptors (Lipinski definition) is 3. The van der Waals surface area contributed by atoms with Gasteiger partial charge < -0.3 is 4.42 Å². The number of Topliss-reactive ketones (excluding diaryl/α,β-unsaturated/α-hetero) is 1. The van der Waals surface area contributed by atoms with Gasteiger partial charge in [0, 0.05) is 18.4 Å². The maximum atomic E-state index is 12.9.